The van der Waals surface area contributed by atoms with Gasteiger partial charge >= 0.3 is 5.97 Å². The first-order chi connectivity index (χ1) is 14.3. The molecule has 2 rings (SSSR count). The van der Waals surface area contributed by atoms with Gasteiger partial charge in [-0.05, 0) is 49.8 Å². The van der Waals surface area contributed by atoms with Gasteiger partial charge in [-0.1, -0.05) is 36.4 Å². The molecule has 7 nitrogen and oxygen atoms in total. The van der Waals surface area contributed by atoms with Crippen molar-refractivity contribution in [3.63, 3.8) is 0 Å². The maximum atomic E-state index is 13.0. The van der Waals surface area contributed by atoms with Crippen LogP contribution in [0.5, 0.6) is 0 Å². The Morgan fingerprint density at radius 3 is 2.47 bits per heavy atom. The highest BCUT2D eigenvalue weighted by Crippen LogP contribution is 2.21. The van der Waals surface area contributed by atoms with Crippen molar-refractivity contribution in [3.8, 4) is 0 Å². The van der Waals surface area contributed by atoms with Gasteiger partial charge in [0.25, 0.3) is 11.6 Å². The van der Waals surface area contributed by atoms with Crippen molar-refractivity contribution in [2.24, 2.45) is 0 Å². The van der Waals surface area contributed by atoms with E-state index in [1.807, 2.05) is 36.6 Å². The number of nitro groups is 1. The minimum atomic E-state index is -0.823. The van der Waals surface area contributed by atoms with Crippen LogP contribution in [0.3, 0.4) is 0 Å². The Balaban J connectivity index is 2.32. The third-order valence-electron chi connectivity index (χ3n) is 4.34. The second-order valence-electron chi connectivity index (χ2n) is 7.05. The number of esters is 1. The first-order valence-electron chi connectivity index (χ1n) is 9.63. The van der Waals surface area contributed by atoms with Crippen LogP contribution >= 0.6 is 11.8 Å². The van der Waals surface area contributed by atoms with E-state index in [-0.39, 0.29) is 17.4 Å². The maximum Gasteiger partial charge on any atom is 0.328 e. The van der Waals surface area contributed by atoms with Crippen LogP contribution in [0.25, 0.3) is 0 Å². The molecular formula is C22H26N2O5S. The molecule has 0 aliphatic heterocycles. The number of amides is 1. The molecule has 30 heavy (non-hydrogen) atoms. The van der Waals surface area contributed by atoms with Crippen molar-refractivity contribution >= 4 is 29.3 Å². The number of hydrogen-bond donors (Lipinski definition) is 1. The van der Waals surface area contributed by atoms with Crippen LogP contribution < -0.4 is 5.32 Å². The fourth-order valence-electron chi connectivity index (χ4n) is 2.89. The first-order valence-corrected chi connectivity index (χ1v) is 11.0. The van der Waals surface area contributed by atoms with Crippen LogP contribution in [0.4, 0.5) is 5.69 Å². The van der Waals surface area contributed by atoms with Gasteiger partial charge in [0.2, 0.25) is 0 Å². The van der Waals surface area contributed by atoms with Crippen LogP contribution in [-0.4, -0.2) is 41.0 Å². The molecule has 0 aliphatic carbocycles. The lowest BCUT2D eigenvalue weighted by Gasteiger charge is -2.20. The molecule has 1 unspecified atom stereocenters. The molecule has 2 aromatic rings. The lowest BCUT2D eigenvalue weighted by atomic mass is 9.98. The second kappa shape index (κ2) is 11.3. The van der Waals surface area contributed by atoms with Gasteiger partial charge in [0, 0.05) is 17.7 Å². The zero-order valence-electron chi connectivity index (χ0n) is 17.3. The zero-order chi connectivity index (χ0) is 22.1. The fraction of sp³-hybridized carbons (Fsp3) is 0.364. The number of thioether (sulfide) groups is 1. The molecule has 2 aromatic carbocycles. The molecule has 0 bridgehead atoms. The van der Waals surface area contributed by atoms with Gasteiger partial charge in [-0.25, -0.2) is 4.79 Å². The Morgan fingerprint density at radius 1 is 1.17 bits per heavy atom. The van der Waals surface area contributed by atoms with Crippen molar-refractivity contribution in [1.29, 1.82) is 0 Å². The summed E-state index contributed by atoms with van der Waals surface area (Å²) < 4.78 is 5.26. The third-order valence-corrected chi connectivity index (χ3v) is 4.98. The largest absolute Gasteiger partial charge is 0.461 e. The summed E-state index contributed by atoms with van der Waals surface area (Å²) in [5.74, 6) is -0.386. The number of non-ortho nitro benzene ring substituents is 1. The summed E-state index contributed by atoms with van der Waals surface area (Å²) in [6.07, 6.45) is 2.44. The molecule has 1 amide bonds. The highest BCUT2D eigenvalue weighted by atomic mass is 32.2. The fourth-order valence-corrected chi connectivity index (χ4v) is 3.37. The molecule has 1 N–H and O–H groups in total. The van der Waals surface area contributed by atoms with Crippen molar-refractivity contribution in [2.45, 2.75) is 38.8 Å². The minimum absolute atomic E-state index is 0.178. The van der Waals surface area contributed by atoms with Crippen LogP contribution in [0.15, 0.2) is 48.5 Å². The summed E-state index contributed by atoms with van der Waals surface area (Å²) in [5, 5.41) is 14.0. The number of hydrogen-bond acceptors (Lipinski definition) is 6. The van der Waals surface area contributed by atoms with Crippen molar-refractivity contribution in [1.82, 2.24) is 5.32 Å². The molecule has 0 saturated heterocycles. The van der Waals surface area contributed by atoms with Gasteiger partial charge in [0.05, 0.1) is 11.0 Å². The lowest BCUT2D eigenvalue weighted by Crippen LogP contribution is -2.43. The Bertz CT molecular complexity index is 886. The highest BCUT2D eigenvalue weighted by Gasteiger charge is 2.25. The van der Waals surface area contributed by atoms with Crippen LogP contribution in [-0.2, 0) is 16.0 Å². The lowest BCUT2D eigenvalue weighted by molar-refractivity contribution is -0.384. The van der Waals surface area contributed by atoms with E-state index in [2.05, 4.69) is 5.32 Å². The summed E-state index contributed by atoms with van der Waals surface area (Å²) in [4.78, 5) is 36.2. The Morgan fingerprint density at radius 2 is 1.87 bits per heavy atom. The molecule has 0 fully saturated rings. The van der Waals surface area contributed by atoms with Gasteiger partial charge in [-0.2, -0.15) is 11.8 Å². The van der Waals surface area contributed by atoms with Gasteiger partial charge in [-0.3, -0.25) is 14.9 Å². The average Bonchev–Trinajstić information content (AvgIpc) is 2.71. The van der Waals surface area contributed by atoms with Crippen LogP contribution in [0, 0.1) is 10.1 Å². The Hall–Kier alpha value is -2.87. The summed E-state index contributed by atoms with van der Waals surface area (Å²) in [6, 6.07) is 12.9. The predicted molar refractivity (Wildman–Crippen MR) is 118 cm³/mol. The molecule has 1 atom stereocenters. The number of nitro benzene ring substituents is 1. The monoisotopic (exact) mass is 430 g/mol. The summed E-state index contributed by atoms with van der Waals surface area (Å²) >= 11 is 1.55. The van der Waals surface area contributed by atoms with Crippen molar-refractivity contribution < 1.29 is 19.2 Å². The maximum absolute atomic E-state index is 13.0. The Kier molecular flexibility index (Phi) is 8.86. The zero-order valence-corrected chi connectivity index (χ0v) is 18.1. The molecular weight excluding hydrogens is 404 g/mol. The van der Waals surface area contributed by atoms with Gasteiger partial charge < -0.3 is 10.1 Å². The first kappa shape index (κ1) is 23.4. The number of carbonyl (C=O) groups is 2. The van der Waals surface area contributed by atoms with Crippen molar-refractivity contribution in [2.75, 3.05) is 12.0 Å². The van der Waals surface area contributed by atoms with Crippen LogP contribution in [0.1, 0.15) is 41.8 Å². The van der Waals surface area contributed by atoms with E-state index < -0.39 is 22.8 Å². The number of nitrogens with zero attached hydrogens (tertiary/aromatic N) is 1. The quantitative estimate of drug-likeness (QED) is 0.348. The van der Waals surface area contributed by atoms with E-state index in [9.17, 15) is 19.7 Å². The highest BCUT2D eigenvalue weighted by molar-refractivity contribution is 7.98. The topological polar surface area (TPSA) is 98.5 Å². The molecule has 0 aromatic heterocycles. The molecule has 0 heterocycles. The summed E-state index contributed by atoms with van der Waals surface area (Å²) in [6.45, 7) is 3.48. The van der Waals surface area contributed by atoms with E-state index in [1.54, 1.807) is 31.7 Å². The summed E-state index contributed by atoms with van der Waals surface area (Å²) in [5.41, 5.74) is 1.62. The second-order valence-corrected chi connectivity index (χ2v) is 8.04. The number of nitrogens with one attached hydrogen (secondary N) is 1. The van der Waals surface area contributed by atoms with Crippen LogP contribution in [0.2, 0.25) is 0 Å². The standard InChI is InChI=1S/C22H26N2O5S/c1-15(2)29-22(26)20(11-12-30-3)23-21(25)19-14-18(24(27)28)10-9-17(19)13-16-7-5-4-6-8-16/h4-10,14-15,20H,11-13H2,1-3H3,(H,23,25). The molecule has 0 radical (unpaired) electrons. The number of rotatable bonds is 10. The van der Waals surface area contributed by atoms with E-state index in [0.29, 0.717) is 24.2 Å². The molecule has 8 heteroatoms. The molecule has 0 spiro atoms. The third kappa shape index (κ3) is 6.88. The number of carbonyl (C=O) groups excluding carboxylic acids is 2. The van der Waals surface area contributed by atoms with E-state index in [0.717, 1.165) is 5.56 Å². The van der Waals surface area contributed by atoms with Gasteiger partial charge in [0.1, 0.15) is 6.04 Å². The number of ether oxygens (including phenoxy) is 1. The number of benzene rings is 2. The SMILES string of the molecule is CSCCC(NC(=O)c1cc([N+](=O)[O-])ccc1Cc1ccccc1)C(=O)OC(C)C. The van der Waals surface area contributed by atoms with E-state index in [4.69, 9.17) is 4.74 Å². The molecule has 0 saturated carbocycles. The molecule has 160 valence electrons. The van der Waals surface area contributed by atoms with E-state index in [1.165, 1.54) is 12.1 Å². The normalized spacial score (nSPS) is 11.7. The molecule has 0 aliphatic rings. The average molecular weight is 431 g/mol. The smallest absolute Gasteiger partial charge is 0.328 e. The minimum Gasteiger partial charge on any atom is -0.461 e. The van der Waals surface area contributed by atoms with E-state index >= 15 is 0 Å². The van der Waals surface area contributed by atoms with Crippen molar-refractivity contribution in [3.05, 3.63) is 75.3 Å². The predicted octanol–water partition coefficient (Wildman–Crippen LogP) is 3.99. The van der Waals surface area contributed by atoms with Gasteiger partial charge in [0.15, 0.2) is 0 Å². The van der Waals surface area contributed by atoms with Gasteiger partial charge in [-0.15, -0.1) is 0 Å². The summed E-state index contributed by atoms with van der Waals surface area (Å²) in [7, 11) is 0. The Labute approximate surface area is 180 Å².